The zero-order chi connectivity index (χ0) is 31.7. The maximum Gasteiger partial charge on any atom is 0.342 e. The largest absolute Gasteiger partial charge is 0.541 e. The van der Waals surface area contributed by atoms with E-state index in [1.807, 2.05) is 0 Å². The fraction of sp³-hybridized carbons (Fsp3) is 0.438. The van der Waals surface area contributed by atoms with E-state index in [1.54, 1.807) is 52.1 Å². The zero-order valence-electron chi connectivity index (χ0n) is 26.5. The van der Waals surface area contributed by atoms with Crippen LogP contribution in [0.3, 0.4) is 0 Å². The van der Waals surface area contributed by atoms with E-state index in [9.17, 15) is 9.59 Å². The van der Waals surface area contributed by atoms with E-state index in [4.69, 9.17) is 36.9 Å². The van der Waals surface area contributed by atoms with Crippen molar-refractivity contribution in [3.63, 3.8) is 0 Å². The van der Waals surface area contributed by atoms with Crippen molar-refractivity contribution in [2.75, 3.05) is 27.4 Å². The molecule has 0 N–H and O–H groups in total. The van der Waals surface area contributed by atoms with Crippen molar-refractivity contribution in [1.82, 2.24) is 0 Å². The van der Waals surface area contributed by atoms with Gasteiger partial charge in [-0.1, -0.05) is 20.8 Å². The standard InChI is InChI=1S/C32H40O10Si/c1-11-37-30(33)28-18(3)40-21-15-23(35-7)25(13-19(21)28)39-17-27-29(31(34)38-12-2)20-14-26(24(36-8)16-22(20)41-27)42-43(9,10)32(4,5)6/h13-16H,11-12,17H2,1-10H3. The smallest absolute Gasteiger partial charge is 0.342 e. The van der Waals surface area contributed by atoms with Gasteiger partial charge < -0.3 is 36.9 Å². The lowest BCUT2D eigenvalue weighted by atomic mass is 10.1. The number of furan rings is 2. The first-order valence-corrected chi connectivity index (χ1v) is 17.1. The Balaban J connectivity index is 1.79. The molecule has 2 aromatic heterocycles. The van der Waals surface area contributed by atoms with Crippen LogP contribution in [-0.2, 0) is 16.1 Å². The summed E-state index contributed by atoms with van der Waals surface area (Å²) in [5.41, 5.74) is 1.40. The van der Waals surface area contributed by atoms with Gasteiger partial charge in [-0.3, -0.25) is 0 Å². The van der Waals surface area contributed by atoms with Gasteiger partial charge in [0.15, 0.2) is 23.0 Å². The molecule has 0 aliphatic heterocycles. The molecule has 4 rings (SSSR count). The van der Waals surface area contributed by atoms with Crippen LogP contribution in [-0.4, -0.2) is 47.7 Å². The first-order valence-electron chi connectivity index (χ1n) is 14.2. The molecule has 2 aromatic carbocycles. The van der Waals surface area contributed by atoms with E-state index in [0.717, 1.165) is 0 Å². The summed E-state index contributed by atoms with van der Waals surface area (Å²) in [7, 11) is 0.808. The van der Waals surface area contributed by atoms with Gasteiger partial charge in [-0.05, 0) is 51.0 Å². The number of carbonyl (C=O) groups is 2. The van der Waals surface area contributed by atoms with Crippen molar-refractivity contribution in [2.24, 2.45) is 0 Å². The molecule has 0 saturated heterocycles. The molecule has 0 aliphatic carbocycles. The van der Waals surface area contributed by atoms with Crippen molar-refractivity contribution in [3.8, 4) is 23.0 Å². The van der Waals surface area contributed by atoms with Crippen molar-refractivity contribution >= 4 is 42.2 Å². The van der Waals surface area contributed by atoms with Crippen LogP contribution in [0.2, 0.25) is 18.1 Å². The highest BCUT2D eigenvalue weighted by Crippen LogP contribution is 2.43. The van der Waals surface area contributed by atoms with Gasteiger partial charge in [0.05, 0.1) is 27.4 Å². The quantitative estimate of drug-likeness (QED) is 0.123. The van der Waals surface area contributed by atoms with E-state index in [1.165, 1.54) is 7.11 Å². The minimum Gasteiger partial charge on any atom is -0.541 e. The number of methoxy groups -OCH3 is 2. The molecular weight excluding hydrogens is 572 g/mol. The Morgan fingerprint density at radius 2 is 1.28 bits per heavy atom. The number of benzene rings is 2. The number of esters is 2. The van der Waals surface area contributed by atoms with Crippen molar-refractivity contribution in [1.29, 1.82) is 0 Å². The SMILES string of the molecule is CCOC(=O)c1c(C)oc2cc(OC)c(OCc3oc4cc(OC)c(O[Si](C)(C)C(C)(C)C)cc4c3C(=O)OCC)cc12. The summed E-state index contributed by atoms with van der Waals surface area (Å²) in [5.74, 6) is 1.31. The summed E-state index contributed by atoms with van der Waals surface area (Å²) in [6, 6.07) is 6.76. The third-order valence-corrected chi connectivity index (χ3v) is 12.0. The van der Waals surface area contributed by atoms with Crippen molar-refractivity contribution in [3.05, 3.63) is 46.9 Å². The molecule has 10 nitrogen and oxygen atoms in total. The molecule has 0 aliphatic rings. The maximum absolute atomic E-state index is 13.3. The second-order valence-electron chi connectivity index (χ2n) is 11.5. The zero-order valence-corrected chi connectivity index (χ0v) is 27.5. The first kappa shape index (κ1) is 31.8. The molecule has 43 heavy (non-hydrogen) atoms. The van der Waals surface area contributed by atoms with E-state index >= 15 is 0 Å². The minimum absolute atomic E-state index is 0.0623. The van der Waals surface area contributed by atoms with Gasteiger partial charge >= 0.3 is 11.9 Å². The van der Waals surface area contributed by atoms with Crippen LogP contribution >= 0.6 is 0 Å². The average Bonchev–Trinajstić information content (AvgIpc) is 3.45. The molecular formula is C32H40O10Si. The highest BCUT2D eigenvalue weighted by Gasteiger charge is 2.40. The molecule has 4 aromatic rings. The van der Waals surface area contributed by atoms with Gasteiger partial charge in [-0.25, -0.2) is 9.59 Å². The second kappa shape index (κ2) is 12.2. The number of ether oxygens (including phenoxy) is 5. The Kier molecular flexibility index (Phi) is 9.05. The number of fused-ring (bicyclic) bond motifs is 2. The third kappa shape index (κ3) is 6.17. The number of rotatable bonds is 11. The second-order valence-corrected chi connectivity index (χ2v) is 16.2. The topological polar surface area (TPSA) is 116 Å². The molecule has 0 amide bonds. The lowest BCUT2D eigenvalue weighted by Gasteiger charge is -2.36. The molecule has 0 unspecified atom stereocenters. The summed E-state index contributed by atoms with van der Waals surface area (Å²) in [6.07, 6.45) is 0. The molecule has 0 saturated carbocycles. The molecule has 232 valence electrons. The summed E-state index contributed by atoms with van der Waals surface area (Å²) in [5, 5.41) is 0.968. The fourth-order valence-corrected chi connectivity index (χ4v) is 5.47. The van der Waals surface area contributed by atoms with Crippen LogP contribution in [0, 0.1) is 6.92 Å². The Bertz CT molecular complexity index is 1650. The van der Waals surface area contributed by atoms with Crippen molar-refractivity contribution in [2.45, 2.75) is 66.3 Å². The average molecular weight is 613 g/mol. The molecule has 0 fully saturated rings. The number of aryl methyl sites for hydroxylation is 1. The van der Waals surface area contributed by atoms with Crippen LogP contribution in [0.4, 0.5) is 0 Å². The molecule has 0 spiro atoms. The van der Waals surface area contributed by atoms with Crippen molar-refractivity contribution < 1.29 is 46.5 Å². The molecule has 0 radical (unpaired) electrons. The van der Waals surface area contributed by atoms with Crippen LogP contribution in [0.5, 0.6) is 23.0 Å². The molecule has 11 heteroatoms. The third-order valence-electron chi connectivity index (χ3n) is 7.69. The lowest BCUT2D eigenvalue weighted by molar-refractivity contribution is 0.0514. The van der Waals surface area contributed by atoms with E-state index < -0.39 is 20.3 Å². The summed E-state index contributed by atoms with van der Waals surface area (Å²) in [4.78, 5) is 25.9. The number of hydrogen-bond acceptors (Lipinski definition) is 10. The van der Waals surface area contributed by atoms with Gasteiger partial charge in [0.25, 0.3) is 8.32 Å². The van der Waals surface area contributed by atoms with Gasteiger partial charge in [-0.15, -0.1) is 0 Å². The van der Waals surface area contributed by atoms with Gasteiger partial charge in [0.1, 0.15) is 40.4 Å². The minimum atomic E-state index is -2.25. The Hall–Kier alpha value is -4.12. The van der Waals surface area contributed by atoms with E-state index in [2.05, 4.69) is 33.9 Å². The summed E-state index contributed by atoms with van der Waals surface area (Å²) in [6.45, 7) is 16.1. The van der Waals surface area contributed by atoms with Crippen LogP contribution in [0.15, 0.2) is 33.1 Å². The molecule has 0 atom stereocenters. The monoisotopic (exact) mass is 612 g/mol. The van der Waals surface area contributed by atoms with Crippen LogP contribution < -0.4 is 18.6 Å². The van der Waals surface area contributed by atoms with Gasteiger partial charge in [-0.2, -0.15) is 0 Å². The van der Waals surface area contributed by atoms with E-state index in [0.29, 0.717) is 56.3 Å². The van der Waals surface area contributed by atoms with E-state index in [-0.39, 0.29) is 36.2 Å². The van der Waals surface area contributed by atoms with Gasteiger partial charge in [0, 0.05) is 22.9 Å². The predicted octanol–water partition coefficient (Wildman–Crippen LogP) is 7.82. The highest BCUT2D eigenvalue weighted by molar-refractivity contribution is 6.74. The van der Waals surface area contributed by atoms with Crippen LogP contribution in [0.1, 0.15) is 66.9 Å². The summed E-state index contributed by atoms with van der Waals surface area (Å²) < 4.78 is 46.5. The predicted molar refractivity (Wildman–Crippen MR) is 164 cm³/mol. The van der Waals surface area contributed by atoms with Gasteiger partial charge in [0.2, 0.25) is 0 Å². The lowest BCUT2D eigenvalue weighted by Crippen LogP contribution is -2.43. The molecule has 2 heterocycles. The maximum atomic E-state index is 13.3. The number of carbonyl (C=O) groups excluding carboxylic acids is 2. The Morgan fingerprint density at radius 1 is 0.767 bits per heavy atom. The Morgan fingerprint density at radius 3 is 1.84 bits per heavy atom. The normalized spacial score (nSPS) is 12.0. The van der Waals surface area contributed by atoms with Crippen LogP contribution in [0.25, 0.3) is 21.9 Å². The number of hydrogen-bond donors (Lipinski definition) is 0. The summed E-state index contributed by atoms with van der Waals surface area (Å²) >= 11 is 0. The molecule has 0 bridgehead atoms. The Labute approximate surface area is 252 Å². The highest BCUT2D eigenvalue weighted by atomic mass is 28.4. The fourth-order valence-electron chi connectivity index (χ4n) is 4.45. The first-order chi connectivity index (χ1) is 20.3.